The third-order valence-corrected chi connectivity index (χ3v) is 4.29. The lowest BCUT2D eigenvalue weighted by molar-refractivity contribution is -0.123. The highest BCUT2D eigenvalue weighted by Gasteiger charge is 2.30. The zero-order valence-electron chi connectivity index (χ0n) is 12.4. The molecule has 0 atom stereocenters. The minimum atomic E-state index is 0.0692. The van der Waals surface area contributed by atoms with Crippen molar-refractivity contribution in [3.05, 3.63) is 48.3 Å². The van der Waals surface area contributed by atoms with E-state index in [4.69, 9.17) is 4.74 Å². The molecule has 0 spiro atoms. The summed E-state index contributed by atoms with van der Waals surface area (Å²) in [5.74, 6) is 0.729. The number of benzene rings is 1. The number of ether oxygens (including phenoxy) is 1. The number of pyridine rings is 1. The summed E-state index contributed by atoms with van der Waals surface area (Å²) in [6.45, 7) is 1.47. The molecule has 0 bridgehead atoms. The van der Waals surface area contributed by atoms with Crippen molar-refractivity contribution in [2.45, 2.75) is 19.4 Å². The predicted octanol–water partition coefficient (Wildman–Crippen LogP) is 3.02. The highest BCUT2D eigenvalue weighted by molar-refractivity contribution is 5.96. The highest BCUT2D eigenvalue weighted by Crippen LogP contribution is 2.35. The van der Waals surface area contributed by atoms with Crippen LogP contribution in [0.2, 0.25) is 0 Å². The van der Waals surface area contributed by atoms with Crippen LogP contribution in [0.25, 0.3) is 11.1 Å². The quantitative estimate of drug-likeness (QED) is 0.874. The molecule has 4 heteroatoms. The van der Waals surface area contributed by atoms with Gasteiger partial charge in [-0.1, -0.05) is 12.1 Å². The predicted molar refractivity (Wildman–Crippen MR) is 84.4 cm³/mol. The fraction of sp³-hybridized carbons (Fsp3) is 0.333. The summed E-state index contributed by atoms with van der Waals surface area (Å²) < 4.78 is 5.55. The Morgan fingerprint density at radius 3 is 2.86 bits per heavy atom. The number of anilines is 1. The molecule has 1 aliphatic heterocycles. The lowest BCUT2D eigenvalue weighted by Gasteiger charge is -2.22. The molecule has 2 aliphatic rings. The van der Waals surface area contributed by atoms with Crippen LogP contribution in [0.4, 0.5) is 5.69 Å². The van der Waals surface area contributed by atoms with Crippen molar-refractivity contribution in [3.63, 3.8) is 0 Å². The van der Waals surface area contributed by atoms with Crippen molar-refractivity contribution < 1.29 is 9.53 Å². The summed E-state index contributed by atoms with van der Waals surface area (Å²) in [5, 5.41) is 0. The Kier molecular flexibility index (Phi) is 3.39. The molecule has 0 N–H and O–H groups in total. The van der Waals surface area contributed by atoms with Crippen LogP contribution in [0.15, 0.2) is 42.7 Å². The second kappa shape index (κ2) is 5.54. The number of fused-ring (bicyclic) bond motifs is 1. The van der Waals surface area contributed by atoms with Gasteiger partial charge in [-0.25, -0.2) is 0 Å². The Balaban J connectivity index is 1.72. The Bertz CT molecular complexity index is 695. The zero-order chi connectivity index (χ0) is 14.9. The summed E-state index contributed by atoms with van der Waals surface area (Å²) in [6.07, 6.45) is 6.08. The summed E-state index contributed by atoms with van der Waals surface area (Å²) >= 11 is 0. The first-order chi connectivity index (χ1) is 10.8. The zero-order valence-corrected chi connectivity index (χ0v) is 12.4. The molecule has 1 aliphatic carbocycles. The van der Waals surface area contributed by atoms with Crippen molar-refractivity contribution in [1.29, 1.82) is 0 Å². The van der Waals surface area contributed by atoms with E-state index in [9.17, 15) is 4.79 Å². The molecule has 2 aromatic rings. The fourth-order valence-electron chi connectivity index (χ4n) is 2.90. The smallest absolute Gasteiger partial charge is 0.253 e. The van der Waals surface area contributed by atoms with Crippen molar-refractivity contribution in [3.8, 4) is 11.1 Å². The number of carbonyl (C=O) groups is 1. The van der Waals surface area contributed by atoms with E-state index < -0.39 is 0 Å². The summed E-state index contributed by atoms with van der Waals surface area (Å²) in [6, 6.07) is 10.2. The molecule has 112 valence electrons. The van der Waals surface area contributed by atoms with Gasteiger partial charge in [0.25, 0.3) is 5.91 Å². The maximum absolute atomic E-state index is 12.3. The first-order valence-corrected chi connectivity index (χ1v) is 7.73. The average Bonchev–Trinajstić information content (AvgIpc) is 3.38. The SMILES string of the molecule is O=C1COCc2cc(-c3cccnc3)ccc2N1CC1CC1. The molecule has 0 saturated heterocycles. The lowest BCUT2D eigenvalue weighted by atomic mass is 10.0. The minimum absolute atomic E-state index is 0.0692. The Morgan fingerprint density at radius 2 is 2.09 bits per heavy atom. The molecule has 4 rings (SSSR count). The molecule has 1 fully saturated rings. The average molecular weight is 294 g/mol. The number of rotatable bonds is 3. The van der Waals surface area contributed by atoms with E-state index in [1.807, 2.05) is 29.3 Å². The monoisotopic (exact) mass is 294 g/mol. The van der Waals surface area contributed by atoms with Gasteiger partial charge in [0.2, 0.25) is 0 Å². The van der Waals surface area contributed by atoms with Crippen LogP contribution in [0.5, 0.6) is 0 Å². The third kappa shape index (κ3) is 2.62. The molecule has 22 heavy (non-hydrogen) atoms. The second-order valence-corrected chi connectivity index (χ2v) is 6.03. The first kappa shape index (κ1) is 13.5. The molecular weight excluding hydrogens is 276 g/mol. The minimum Gasteiger partial charge on any atom is -0.367 e. The number of aromatic nitrogens is 1. The van der Waals surface area contributed by atoms with E-state index in [0.29, 0.717) is 12.5 Å². The molecular formula is C18H18N2O2. The molecule has 1 aromatic carbocycles. The van der Waals surface area contributed by atoms with Gasteiger partial charge in [-0.05, 0) is 42.5 Å². The molecule has 1 amide bonds. The lowest BCUT2D eigenvalue weighted by Crippen LogP contribution is -2.34. The topological polar surface area (TPSA) is 42.4 Å². The van der Waals surface area contributed by atoms with E-state index in [2.05, 4.69) is 17.1 Å². The van der Waals surface area contributed by atoms with Gasteiger partial charge in [0.1, 0.15) is 6.61 Å². The van der Waals surface area contributed by atoms with Crippen molar-refractivity contribution in [1.82, 2.24) is 4.98 Å². The van der Waals surface area contributed by atoms with Crippen molar-refractivity contribution in [2.24, 2.45) is 5.92 Å². The van der Waals surface area contributed by atoms with Crippen LogP contribution in [-0.2, 0) is 16.1 Å². The van der Waals surface area contributed by atoms with Gasteiger partial charge in [-0.2, -0.15) is 0 Å². The first-order valence-electron chi connectivity index (χ1n) is 7.73. The number of hydrogen-bond donors (Lipinski definition) is 0. The van der Waals surface area contributed by atoms with Gasteiger partial charge in [0, 0.05) is 35.8 Å². The summed E-state index contributed by atoms with van der Waals surface area (Å²) in [7, 11) is 0. The van der Waals surface area contributed by atoms with Gasteiger partial charge in [0.15, 0.2) is 0 Å². The number of amides is 1. The maximum atomic E-state index is 12.3. The standard InChI is InChI=1S/C18H18N2O2/c21-18-12-22-11-16-8-14(15-2-1-7-19-9-15)5-6-17(16)20(18)10-13-3-4-13/h1-2,5-9,13H,3-4,10-12H2. The number of carbonyl (C=O) groups excluding carboxylic acids is 1. The van der Waals surface area contributed by atoms with Crippen LogP contribution < -0.4 is 4.90 Å². The molecule has 0 unspecified atom stereocenters. The van der Waals surface area contributed by atoms with Crippen LogP contribution in [-0.4, -0.2) is 24.0 Å². The van der Waals surface area contributed by atoms with Gasteiger partial charge < -0.3 is 9.64 Å². The van der Waals surface area contributed by atoms with E-state index >= 15 is 0 Å². The van der Waals surface area contributed by atoms with Crippen LogP contribution in [0.3, 0.4) is 0 Å². The van der Waals surface area contributed by atoms with Crippen molar-refractivity contribution in [2.75, 3.05) is 18.1 Å². The van der Waals surface area contributed by atoms with E-state index in [1.165, 1.54) is 12.8 Å². The van der Waals surface area contributed by atoms with Gasteiger partial charge in [-0.15, -0.1) is 0 Å². The number of nitrogens with zero attached hydrogens (tertiary/aromatic N) is 2. The van der Waals surface area contributed by atoms with E-state index in [-0.39, 0.29) is 12.5 Å². The largest absolute Gasteiger partial charge is 0.367 e. The third-order valence-electron chi connectivity index (χ3n) is 4.29. The molecule has 1 saturated carbocycles. The molecule has 2 heterocycles. The molecule has 4 nitrogen and oxygen atoms in total. The van der Waals surface area contributed by atoms with Gasteiger partial charge in [-0.3, -0.25) is 9.78 Å². The summed E-state index contributed by atoms with van der Waals surface area (Å²) in [4.78, 5) is 18.4. The fourth-order valence-corrected chi connectivity index (χ4v) is 2.90. The highest BCUT2D eigenvalue weighted by atomic mass is 16.5. The Hall–Kier alpha value is -2.20. The number of hydrogen-bond acceptors (Lipinski definition) is 3. The van der Waals surface area contributed by atoms with E-state index in [0.717, 1.165) is 28.9 Å². The van der Waals surface area contributed by atoms with Gasteiger partial charge in [0.05, 0.1) is 6.61 Å². The normalized spacial score (nSPS) is 18.0. The van der Waals surface area contributed by atoms with Crippen LogP contribution in [0, 0.1) is 5.92 Å². The Labute approximate surface area is 129 Å². The van der Waals surface area contributed by atoms with Gasteiger partial charge >= 0.3 is 0 Å². The summed E-state index contributed by atoms with van der Waals surface area (Å²) in [5.41, 5.74) is 4.26. The van der Waals surface area contributed by atoms with Crippen molar-refractivity contribution >= 4 is 11.6 Å². The van der Waals surface area contributed by atoms with Crippen LogP contribution >= 0.6 is 0 Å². The maximum Gasteiger partial charge on any atom is 0.253 e. The molecule has 0 radical (unpaired) electrons. The Morgan fingerprint density at radius 1 is 1.18 bits per heavy atom. The van der Waals surface area contributed by atoms with Crippen LogP contribution in [0.1, 0.15) is 18.4 Å². The second-order valence-electron chi connectivity index (χ2n) is 6.03. The molecule has 1 aromatic heterocycles. The van der Waals surface area contributed by atoms with E-state index in [1.54, 1.807) is 6.20 Å².